The third-order valence-corrected chi connectivity index (χ3v) is 4.93. The minimum absolute atomic E-state index is 0.112. The van der Waals surface area contributed by atoms with Gasteiger partial charge in [0.2, 0.25) is 0 Å². The molecule has 0 aliphatic rings. The Morgan fingerprint density at radius 3 is 2.76 bits per heavy atom. The summed E-state index contributed by atoms with van der Waals surface area (Å²) in [5.41, 5.74) is 2.32. The molecule has 0 aliphatic carbocycles. The second kappa shape index (κ2) is 7.92. The van der Waals surface area contributed by atoms with Crippen LogP contribution in [0.2, 0.25) is 0 Å². The van der Waals surface area contributed by atoms with Gasteiger partial charge >= 0.3 is 5.97 Å². The fourth-order valence-electron chi connectivity index (χ4n) is 2.01. The maximum atomic E-state index is 12.1. The van der Waals surface area contributed by atoms with Gasteiger partial charge in [-0.1, -0.05) is 0 Å². The molecule has 1 atom stereocenters. The molecule has 5 nitrogen and oxygen atoms in total. The molecule has 7 heteroatoms. The monoisotopic (exact) mass is 370 g/mol. The van der Waals surface area contributed by atoms with Crippen molar-refractivity contribution in [2.75, 3.05) is 0 Å². The molecule has 3 aromatic rings. The van der Waals surface area contributed by atoms with E-state index in [1.165, 1.54) is 11.3 Å². The van der Waals surface area contributed by atoms with Crippen LogP contribution in [0.15, 0.2) is 46.5 Å². The molecule has 0 bridgehead atoms. The van der Waals surface area contributed by atoms with E-state index < -0.39 is 12.1 Å². The highest BCUT2D eigenvalue weighted by molar-refractivity contribution is 7.14. The van der Waals surface area contributed by atoms with Crippen LogP contribution in [0.25, 0.3) is 10.6 Å². The molecule has 0 N–H and O–H groups in total. The van der Waals surface area contributed by atoms with Gasteiger partial charge in [0, 0.05) is 16.3 Å². The summed E-state index contributed by atoms with van der Waals surface area (Å²) in [4.78, 5) is 16.5. The van der Waals surface area contributed by atoms with Crippen molar-refractivity contribution < 1.29 is 14.3 Å². The Labute approximate surface area is 153 Å². The number of hydrogen-bond acceptors (Lipinski definition) is 7. The largest absolute Gasteiger partial charge is 0.479 e. The molecule has 2 aromatic heterocycles. The van der Waals surface area contributed by atoms with Gasteiger partial charge in [0.15, 0.2) is 6.10 Å². The topological polar surface area (TPSA) is 72.2 Å². The summed E-state index contributed by atoms with van der Waals surface area (Å²) >= 11 is 3.14. The second-order valence-corrected chi connectivity index (χ2v) is 6.80. The summed E-state index contributed by atoms with van der Waals surface area (Å²) in [7, 11) is 0. The predicted molar refractivity (Wildman–Crippen MR) is 96.5 cm³/mol. The van der Waals surface area contributed by atoms with Crippen molar-refractivity contribution in [1.29, 1.82) is 5.26 Å². The Balaban J connectivity index is 1.52. The van der Waals surface area contributed by atoms with Crippen molar-refractivity contribution >= 4 is 28.6 Å². The Morgan fingerprint density at radius 2 is 2.08 bits per heavy atom. The zero-order valence-corrected chi connectivity index (χ0v) is 15.0. The molecule has 126 valence electrons. The van der Waals surface area contributed by atoms with E-state index in [2.05, 4.69) is 4.98 Å². The van der Waals surface area contributed by atoms with E-state index in [0.29, 0.717) is 17.0 Å². The number of nitrogens with zero attached hydrogens (tertiary/aromatic N) is 2. The van der Waals surface area contributed by atoms with Gasteiger partial charge < -0.3 is 9.47 Å². The molecule has 0 spiro atoms. The average Bonchev–Trinajstić information content (AvgIpc) is 3.31. The van der Waals surface area contributed by atoms with Crippen LogP contribution in [0.5, 0.6) is 5.75 Å². The number of hydrogen-bond donors (Lipinski definition) is 0. The average molecular weight is 370 g/mol. The zero-order chi connectivity index (χ0) is 17.6. The lowest BCUT2D eigenvalue weighted by atomic mass is 10.2. The predicted octanol–water partition coefficient (Wildman–Crippen LogP) is 4.25. The number of rotatable bonds is 6. The van der Waals surface area contributed by atoms with Crippen LogP contribution in [0.4, 0.5) is 0 Å². The summed E-state index contributed by atoms with van der Waals surface area (Å²) in [6, 6.07) is 10.6. The molecule has 1 aromatic carbocycles. The minimum Gasteiger partial charge on any atom is -0.479 e. The first-order chi connectivity index (χ1) is 12.2. The number of benzene rings is 1. The van der Waals surface area contributed by atoms with Crippen LogP contribution in [0, 0.1) is 11.3 Å². The molecule has 0 fully saturated rings. The molecule has 0 unspecified atom stereocenters. The minimum atomic E-state index is -0.747. The Kier molecular flexibility index (Phi) is 5.43. The van der Waals surface area contributed by atoms with Crippen molar-refractivity contribution in [1.82, 2.24) is 4.98 Å². The molecule has 3 rings (SSSR count). The number of nitriles is 1. The van der Waals surface area contributed by atoms with Crippen LogP contribution in [0.3, 0.4) is 0 Å². The summed E-state index contributed by atoms with van der Waals surface area (Å²) in [5, 5.41) is 15.6. The highest BCUT2D eigenvalue weighted by Crippen LogP contribution is 2.26. The number of carbonyl (C=O) groups excluding carboxylic acids is 1. The number of thiophene rings is 1. The highest BCUT2D eigenvalue weighted by atomic mass is 32.1. The van der Waals surface area contributed by atoms with E-state index in [-0.39, 0.29) is 6.61 Å². The van der Waals surface area contributed by atoms with Gasteiger partial charge in [0.1, 0.15) is 17.4 Å². The quantitative estimate of drug-likeness (QED) is 0.607. The van der Waals surface area contributed by atoms with E-state index in [1.807, 2.05) is 28.3 Å². The normalized spacial score (nSPS) is 11.5. The third-order valence-electron chi connectivity index (χ3n) is 3.31. The Morgan fingerprint density at radius 1 is 1.28 bits per heavy atom. The van der Waals surface area contributed by atoms with Gasteiger partial charge in [-0.3, -0.25) is 0 Å². The van der Waals surface area contributed by atoms with Crippen molar-refractivity contribution in [2.24, 2.45) is 0 Å². The van der Waals surface area contributed by atoms with E-state index in [1.54, 1.807) is 42.5 Å². The summed E-state index contributed by atoms with van der Waals surface area (Å²) in [6.45, 7) is 1.74. The number of ether oxygens (including phenoxy) is 2. The zero-order valence-electron chi connectivity index (χ0n) is 13.3. The lowest BCUT2D eigenvalue weighted by molar-refractivity contribution is -0.152. The van der Waals surface area contributed by atoms with Crippen LogP contribution in [0.1, 0.15) is 18.2 Å². The first-order valence-corrected chi connectivity index (χ1v) is 9.28. The molecular formula is C18H14N2O3S2. The Hall–Kier alpha value is -2.69. The third kappa shape index (κ3) is 4.44. The Bertz CT molecular complexity index is 880. The molecule has 25 heavy (non-hydrogen) atoms. The van der Waals surface area contributed by atoms with Crippen LogP contribution < -0.4 is 4.74 Å². The highest BCUT2D eigenvalue weighted by Gasteiger charge is 2.17. The molecule has 0 amide bonds. The molecule has 0 aliphatic heterocycles. The van der Waals surface area contributed by atoms with Gasteiger partial charge in [-0.25, -0.2) is 9.78 Å². The van der Waals surface area contributed by atoms with Gasteiger partial charge in [0.25, 0.3) is 0 Å². The van der Waals surface area contributed by atoms with Crippen molar-refractivity contribution in [3.8, 4) is 22.4 Å². The molecule has 0 saturated carbocycles. The maximum Gasteiger partial charge on any atom is 0.347 e. The lowest BCUT2D eigenvalue weighted by Crippen LogP contribution is -2.26. The van der Waals surface area contributed by atoms with Crippen LogP contribution >= 0.6 is 22.7 Å². The van der Waals surface area contributed by atoms with Gasteiger partial charge in [0.05, 0.1) is 17.3 Å². The smallest absolute Gasteiger partial charge is 0.347 e. The molecule has 0 radical (unpaired) electrons. The van der Waals surface area contributed by atoms with Gasteiger partial charge in [-0.15, -0.1) is 11.3 Å². The lowest BCUT2D eigenvalue weighted by Gasteiger charge is -2.13. The number of carbonyl (C=O) groups is 1. The fourth-order valence-corrected chi connectivity index (χ4v) is 3.53. The van der Waals surface area contributed by atoms with Crippen molar-refractivity contribution in [3.63, 3.8) is 0 Å². The van der Waals surface area contributed by atoms with E-state index in [9.17, 15) is 4.79 Å². The first-order valence-electron chi connectivity index (χ1n) is 7.46. The van der Waals surface area contributed by atoms with Crippen LogP contribution in [-0.2, 0) is 16.1 Å². The standard InChI is InChI=1S/C18H14N2O3S2/c1-12(23-16-4-2-13(8-19)3-5-16)18(21)22-9-15-11-25-17(20-15)14-6-7-24-10-14/h2-7,10-12H,9H2,1H3/t12-/m1/s1. The summed E-state index contributed by atoms with van der Waals surface area (Å²) < 4.78 is 10.8. The van der Waals surface area contributed by atoms with Crippen molar-refractivity contribution in [2.45, 2.75) is 19.6 Å². The van der Waals surface area contributed by atoms with Crippen molar-refractivity contribution in [3.05, 3.63) is 57.7 Å². The molecule has 0 saturated heterocycles. The second-order valence-electron chi connectivity index (χ2n) is 5.16. The number of aromatic nitrogens is 1. The van der Waals surface area contributed by atoms with E-state index in [4.69, 9.17) is 14.7 Å². The molecular weight excluding hydrogens is 356 g/mol. The fraction of sp³-hybridized carbons (Fsp3) is 0.167. The van der Waals surface area contributed by atoms with Gasteiger partial charge in [-0.05, 0) is 42.6 Å². The van der Waals surface area contributed by atoms with Crippen LogP contribution in [-0.4, -0.2) is 17.1 Å². The number of esters is 1. The molecule has 2 heterocycles. The SMILES string of the molecule is C[C@@H](Oc1ccc(C#N)cc1)C(=O)OCc1csc(-c2ccsc2)n1. The van der Waals surface area contributed by atoms with Gasteiger partial charge in [-0.2, -0.15) is 16.6 Å². The summed E-state index contributed by atoms with van der Waals surface area (Å²) in [6.07, 6.45) is -0.747. The first kappa shape index (κ1) is 17.1. The van der Waals surface area contributed by atoms with E-state index in [0.717, 1.165) is 10.6 Å². The maximum absolute atomic E-state index is 12.1. The number of thiazole rings is 1. The van der Waals surface area contributed by atoms with E-state index >= 15 is 0 Å². The summed E-state index contributed by atoms with van der Waals surface area (Å²) in [5.74, 6) is 0.0475.